The second-order valence-electron chi connectivity index (χ2n) is 8.13. The minimum atomic E-state index is 0.0220. The van der Waals surface area contributed by atoms with Gasteiger partial charge in [0.25, 0.3) is 0 Å². The predicted octanol–water partition coefficient (Wildman–Crippen LogP) is 6.62. The zero-order valence-electron chi connectivity index (χ0n) is 17.4. The summed E-state index contributed by atoms with van der Waals surface area (Å²) in [5.74, 6) is 0.803. The molecule has 4 rings (SSSR count). The number of benzene rings is 3. The quantitative estimate of drug-likeness (QED) is 0.284. The number of hydrogen-bond donors (Lipinski definition) is 1. The van der Waals surface area contributed by atoms with Crippen molar-refractivity contribution in [1.82, 2.24) is 4.98 Å². The van der Waals surface area contributed by atoms with Crippen molar-refractivity contribution in [1.29, 1.82) is 0 Å². The molecule has 0 aliphatic carbocycles. The van der Waals surface area contributed by atoms with Crippen LogP contribution in [0.1, 0.15) is 37.6 Å². The normalized spacial score (nSPS) is 11.8. The zero-order chi connectivity index (χ0) is 21.0. The van der Waals surface area contributed by atoms with Gasteiger partial charge in [0.15, 0.2) is 0 Å². The zero-order valence-corrected chi connectivity index (χ0v) is 18.2. The molecule has 4 nitrogen and oxygen atoms in total. The third kappa shape index (κ3) is 4.69. The number of rotatable bonds is 6. The fraction of sp³-hybridized carbons (Fsp3) is 0.200. The smallest absolute Gasteiger partial charge is 0.203 e. The van der Waals surface area contributed by atoms with Crippen molar-refractivity contribution in [3.05, 3.63) is 88.9 Å². The summed E-state index contributed by atoms with van der Waals surface area (Å²) in [6.07, 6.45) is 1.82. The summed E-state index contributed by atoms with van der Waals surface area (Å²) in [7, 11) is 0. The number of nitrogens with zero attached hydrogens (tertiary/aromatic N) is 2. The van der Waals surface area contributed by atoms with Gasteiger partial charge in [-0.2, -0.15) is 5.10 Å². The Bertz CT molecular complexity index is 1160. The Morgan fingerprint density at radius 1 is 1.00 bits per heavy atom. The molecule has 0 saturated carbocycles. The minimum Gasteiger partial charge on any atom is -0.488 e. The van der Waals surface area contributed by atoms with Crippen LogP contribution in [0.15, 0.2) is 77.2 Å². The molecule has 1 heterocycles. The molecule has 0 spiro atoms. The van der Waals surface area contributed by atoms with Gasteiger partial charge in [-0.15, -0.1) is 11.3 Å². The third-order valence-corrected chi connectivity index (χ3v) is 5.54. The van der Waals surface area contributed by atoms with E-state index in [1.165, 1.54) is 0 Å². The molecule has 0 unspecified atom stereocenters. The summed E-state index contributed by atoms with van der Waals surface area (Å²) in [5, 5.41) is 9.57. The fourth-order valence-electron chi connectivity index (χ4n) is 3.09. The summed E-state index contributed by atoms with van der Waals surface area (Å²) in [6.45, 7) is 6.97. The van der Waals surface area contributed by atoms with Gasteiger partial charge in [0.05, 0.1) is 11.9 Å². The number of thiazole rings is 1. The topological polar surface area (TPSA) is 46.5 Å². The number of ether oxygens (including phenoxy) is 1. The molecule has 0 atom stereocenters. The fourth-order valence-corrected chi connectivity index (χ4v) is 3.98. The van der Waals surface area contributed by atoms with Crippen LogP contribution >= 0.6 is 11.3 Å². The highest BCUT2D eigenvalue weighted by Gasteiger charge is 2.17. The Morgan fingerprint density at radius 3 is 2.53 bits per heavy atom. The molecule has 0 aliphatic rings. The second kappa shape index (κ2) is 8.67. The number of hydrazone groups is 1. The van der Waals surface area contributed by atoms with E-state index in [1.54, 1.807) is 11.3 Å². The maximum Gasteiger partial charge on any atom is 0.203 e. The van der Waals surface area contributed by atoms with Crippen molar-refractivity contribution in [2.75, 3.05) is 5.43 Å². The van der Waals surface area contributed by atoms with Crippen LogP contribution in [0.5, 0.6) is 5.75 Å². The van der Waals surface area contributed by atoms with Crippen molar-refractivity contribution in [3.63, 3.8) is 0 Å². The van der Waals surface area contributed by atoms with Crippen LogP contribution in [0.4, 0.5) is 5.13 Å². The van der Waals surface area contributed by atoms with E-state index in [0.29, 0.717) is 6.61 Å². The van der Waals surface area contributed by atoms with Gasteiger partial charge in [-0.1, -0.05) is 81.4 Å². The van der Waals surface area contributed by atoms with Gasteiger partial charge < -0.3 is 4.74 Å². The highest BCUT2D eigenvalue weighted by molar-refractivity contribution is 7.13. The van der Waals surface area contributed by atoms with Crippen LogP contribution in [0, 0.1) is 0 Å². The van der Waals surface area contributed by atoms with E-state index in [9.17, 15) is 0 Å². The number of nitrogens with one attached hydrogen (secondary N) is 1. The monoisotopic (exact) mass is 415 g/mol. The first kappa shape index (κ1) is 20.1. The largest absolute Gasteiger partial charge is 0.488 e. The molecule has 4 aromatic rings. The average Bonchev–Trinajstić information content (AvgIpc) is 3.23. The lowest BCUT2D eigenvalue weighted by Crippen LogP contribution is -2.11. The molecule has 152 valence electrons. The highest BCUT2D eigenvalue weighted by atomic mass is 32.1. The third-order valence-electron chi connectivity index (χ3n) is 4.79. The Kier molecular flexibility index (Phi) is 5.81. The van der Waals surface area contributed by atoms with Crippen molar-refractivity contribution >= 4 is 33.5 Å². The number of fused-ring (bicyclic) bond motifs is 1. The molecule has 1 N–H and O–H groups in total. The maximum atomic E-state index is 6.15. The first-order valence-corrected chi connectivity index (χ1v) is 10.8. The van der Waals surface area contributed by atoms with E-state index < -0.39 is 0 Å². The Labute approximate surface area is 181 Å². The Balaban J connectivity index is 1.59. The van der Waals surface area contributed by atoms with Crippen LogP contribution < -0.4 is 10.2 Å². The Morgan fingerprint density at radius 2 is 1.77 bits per heavy atom. The maximum absolute atomic E-state index is 6.15. The van der Waals surface area contributed by atoms with Crippen molar-refractivity contribution in [2.24, 2.45) is 5.10 Å². The second-order valence-corrected chi connectivity index (χ2v) is 8.99. The van der Waals surface area contributed by atoms with Gasteiger partial charge in [-0.3, -0.25) is 5.43 Å². The summed E-state index contributed by atoms with van der Waals surface area (Å²) >= 11 is 1.56. The molecule has 3 aromatic carbocycles. The molecule has 0 bridgehead atoms. The average molecular weight is 416 g/mol. The molecule has 5 heteroatoms. The van der Waals surface area contributed by atoms with Crippen LogP contribution in [0.2, 0.25) is 0 Å². The number of anilines is 1. The Hall–Kier alpha value is -3.18. The van der Waals surface area contributed by atoms with Gasteiger partial charge >= 0.3 is 0 Å². The van der Waals surface area contributed by atoms with Gasteiger partial charge in [0.2, 0.25) is 5.13 Å². The lowest BCUT2D eigenvalue weighted by atomic mass is 9.93. The van der Waals surface area contributed by atoms with Gasteiger partial charge in [-0.25, -0.2) is 4.98 Å². The summed E-state index contributed by atoms with van der Waals surface area (Å²) in [4.78, 5) is 4.64. The molecule has 0 radical (unpaired) electrons. The van der Waals surface area contributed by atoms with Crippen molar-refractivity contribution in [3.8, 4) is 5.75 Å². The number of aromatic nitrogens is 1. The molecule has 0 aliphatic heterocycles. The minimum absolute atomic E-state index is 0.0220. The van der Waals surface area contributed by atoms with E-state index in [4.69, 9.17) is 4.74 Å². The molecule has 0 amide bonds. The molecular formula is C25H25N3OS. The van der Waals surface area contributed by atoms with Crippen LogP contribution in [-0.2, 0) is 12.0 Å². The number of hydrogen-bond acceptors (Lipinski definition) is 5. The SMILES string of the molecule is CC(C)(C)c1csc(N/N=C/c2c(OCc3ccccc3)ccc3ccccc23)n1. The van der Waals surface area contributed by atoms with E-state index >= 15 is 0 Å². The first-order chi connectivity index (χ1) is 14.5. The predicted molar refractivity (Wildman–Crippen MR) is 127 cm³/mol. The van der Waals surface area contributed by atoms with Crippen molar-refractivity contribution < 1.29 is 4.74 Å². The first-order valence-electron chi connectivity index (χ1n) is 9.94. The molecular weight excluding hydrogens is 390 g/mol. The van der Waals surface area contributed by atoms with Crippen LogP contribution in [0.25, 0.3) is 10.8 Å². The standard InChI is InChI=1S/C25H25N3OS/c1-25(2,3)23-17-30-24(27-23)28-26-15-21-20-12-8-7-11-19(20)13-14-22(21)29-16-18-9-5-4-6-10-18/h4-15,17H,16H2,1-3H3,(H,27,28)/b26-15+. The lowest BCUT2D eigenvalue weighted by Gasteiger charge is -2.14. The molecule has 30 heavy (non-hydrogen) atoms. The van der Waals surface area contributed by atoms with E-state index in [2.05, 4.69) is 72.0 Å². The van der Waals surface area contributed by atoms with Gasteiger partial charge in [-0.05, 0) is 22.4 Å². The molecule has 0 fully saturated rings. The van der Waals surface area contributed by atoms with Gasteiger partial charge in [0.1, 0.15) is 12.4 Å². The van der Waals surface area contributed by atoms with E-state index in [0.717, 1.165) is 38.5 Å². The highest BCUT2D eigenvalue weighted by Crippen LogP contribution is 2.28. The van der Waals surface area contributed by atoms with E-state index in [-0.39, 0.29) is 5.41 Å². The summed E-state index contributed by atoms with van der Waals surface area (Å²) in [6, 6.07) is 22.5. The lowest BCUT2D eigenvalue weighted by molar-refractivity contribution is 0.306. The van der Waals surface area contributed by atoms with E-state index in [1.807, 2.05) is 42.6 Å². The van der Waals surface area contributed by atoms with Crippen LogP contribution in [-0.4, -0.2) is 11.2 Å². The summed E-state index contributed by atoms with van der Waals surface area (Å²) in [5.41, 5.74) is 6.23. The summed E-state index contributed by atoms with van der Waals surface area (Å²) < 4.78 is 6.15. The van der Waals surface area contributed by atoms with Crippen molar-refractivity contribution in [2.45, 2.75) is 32.8 Å². The van der Waals surface area contributed by atoms with Gasteiger partial charge in [0, 0.05) is 16.4 Å². The molecule has 0 saturated heterocycles. The van der Waals surface area contributed by atoms with Crippen LogP contribution in [0.3, 0.4) is 0 Å². The molecule has 1 aromatic heterocycles.